The molecule has 146 valence electrons. The minimum atomic E-state index is -0.848. The summed E-state index contributed by atoms with van der Waals surface area (Å²) >= 11 is 6.15. The quantitative estimate of drug-likeness (QED) is 0.542. The van der Waals surface area contributed by atoms with Gasteiger partial charge in [-0.3, -0.25) is 4.98 Å². The van der Waals surface area contributed by atoms with E-state index in [1.807, 2.05) is 48.5 Å². The van der Waals surface area contributed by atoms with E-state index in [1.54, 1.807) is 0 Å². The summed E-state index contributed by atoms with van der Waals surface area (Å²) in [7, 11) is 0. The molecule has 1 atom stereocenters. The fourth-order valence-electron chi connectivity index (χ4n) is 3.50. The van der Waals surface area contributed by atoms with Gasteiger partial charge < -0.3 is 15.5 Å². The molecule has 3 N–H and O–H groups in total. The molecule has 4 nitrogen and oxygen atoms in total. The van der Waals surface area contributed by atoms with Gasteiger partial charge in [0.2, 0.25) is 0 Å². The second-order valence-corrected chi connectivity index (χ2v) is 7.23. The molecule has 1 heterocycles. The van der Waals surface area contributed by atoms with E-state index in [0.29, 0.717) is 10.6 Å². The Hall–Kier alpha value is -2.11. The molecule has 4 rings (SSSR count). The van der Waals surface area contributed by atoms with Crippen LogP contribution in [0.5, 0.6) is 0 Å². The highest BCUT2D eigenvalue weighted by Crippen LogP contribution is 2.34. The van der Waals surface area contributed by atoms with E-state index < -0.39 is 6.10 Å². The van der Waals surface area contributed by atoms with E-state index in [1.165, 1.54) is 5.56 Å². The lowest BCUT2D eigenvalue weighted by Gasteiger charge is -2.15. The highest BCUT2D eigenvalue weighted by atomic mass is 35.5. The molecule has 0 aliphatic heterocycles. The summed E-state index contributed by atoms with van der Waals surface area (Å²) in [5.41, 5.74) is 7.00. The fourth-order valence-corrected chi connectivity index (χ4v) is 3.69. The van der Waals surface area contributed by atoms with E-state index in [0.717, 1.165) is 47.6 Å². The van der Waals surface area contributed by atoms with Crippen LogP contribution in [0.4, 0.5) is 11.4 Å². The van der Waals surface area contributed by atoms with Crippen molar-refractivity contribution in [3.05, 3.63) is 76.4 Å². The van der Waals surface area contributed by atoms with Crippen LogP contribution in [-0.2, 0) is 12.8 Å². The highest BCUT2D eigenvalue weighted by molar-refractivity contribution is 6.30. The van der Waals surface area contributed by atoms with Crippen molar-refractivity contribution in [2.75, 3.05) is 11.9 Å². The first-order valence-electron chi connectivity index (χ1n) is 9.08. The molecule has 1 aliphatic carbocycles. The van der Waals surface area contributed by atoms with Gasteiger partial charge in [0.1, 0.15) is 6.10 Å². The highest BCUT2D eigenvalue weighted by Gasteiger charge is 2.19. The maximum absolute atomic E-state index is 9.73. The summed E-state index contributed by atoms with van der Waals surface area (Å²) in [6.45, 7) is -0.284. The number of nitrogens with one attached hydrogen (secondary N) is 1. The van der Waals surface area contributed by atoms with Crippen molar-refractivity contribution < 1.29 is 10.2 Å². The molecule has 1 aromatic heterocycles. The van der Waals surface area contributed by atoms with Crippen molar-refractivity contribution in [1.82, 2.24) is 4.98 Å². The summed E-state index contributed by atoms with van der Waals surface area (Å²) in [5.74, 6) is 0. The summed E-state index contributed by atoms with van der Waals surface area (Å²) in [6.07, 6.45) is 2.26. The number of anilines is 2. The van der Waals surface area contributed by atoms with Gasteiger partial charge in [0.25, 0.3) is 0 Å². The molecule has 3 aromatic rings. The van der Waals surface area contributed by atoms with Gasteiger partial charge in [-0.05, 0) is 60.7 Å². The molecular formula is C22H22Cl2N2O2. The molecule has 0 amide bonds. The zero-order chi connectivity index (χ0) is 18.8. The average Bonchev–Trinajstić information content (AvgIpc) is 3.17. The van der Waals surface area contributed by atoms with Crippen LogP contribution in [0.15, 0.2) is 54.6 Å². The zero-order valence-corrected chi connectivity index (χ0v) is 16.8. The number of rotatable bonds is 5. The van der Waals surface area contributed by atoms with Gasteiger partial charge in [0.05, 0.1) is 12.3 Å². The maximum atomic E-state index is 9.73. The van der Waals surface area contributed by atoms with Crippen LogP contribution in [0.1, 0.15) is 29.3 Å². The van der Waals surface area contributed by atoms with E-state index in [-0.39, 0.29) is 19.0 Å². The molecule has 0 saturated carbocycles. The Balaban J connectivity index is 0.00000225. The van der Waals surface area contributed by atoms with Crippen molar-refractivity contribution in [3.63, 3.8) is 0 Å². The number of aliphatic hydroxyl groups excluding tert-OH is 2. The van der Waals surface area contributed by atoms with Crippen molar-refractivity contribution in [2.45, 2.75) is 25.4 Å². The molecule has 1 unspecified atom stereocenters. The van der Waals surface area contributed by atoms with E-state index >= 15 is 0 Å². The Morgan fingerprint density at radius 2 is 1.86 bits per heavy atom. The Bertz CT molecular complexity index is 961. The van der Waals surface area contributed by atoms with Gasteiger partial charge in [0, 0.05) is 27.7 Å². The lowest BCUT2D eigenvalue weighted by molar-refractivity contribution is 0.0956. The first kappa shape index (κ1) is 20.6. The molecule has 0 spiro atoms. The Kier molecular flexibility index (Phi) is 6.57. The zero-order valence-electron chi connectivity index (χ0n) is 15.2. The average molecular weight is 417 g/mol. The number of nitrogens with zero attached hydrogens (tertiary/aromatic N) is 1. The number of benzene rings is 2. The van der Waals surface area contributed by atoms with Gasteiger partial charge in [-0.2, -0.15) is 0 Å². The smallest absolute Gasteiger partial charge is 0.102 e. The predicted octanol–water partition coefficient (Wildman–Crippen LogP) is 5.08. The van der Waals surface area contributed by atoms with E-state index in [4.69, 9.17) is 21.7 Å². The topological polar surface area (TPSA) is 65.4 Å². The van der Waals surface area contributed by atoms with Crippen molar-refractivity contribution in [1.29, 1.82) is 0 Å². The van der Waals surface area contributed by atoms with Crippen LogP contribution in [0.25, 0.3) is 11.3 Å². The van der Waals surface area contributed by atoms with Gasteiger partial charge in [0.15, 0.2) is 0 Å². The van der Waals surface area contributed by atoms with Crippen LogP contribution in [-0.4, -0.2) is 21.8 Å². The second-order valence-electron chi connectivity index (χ2n) is 6.79. The molecule has 2 aromatic carbocycles. The van der Waals surface area contributed by atoms with Crippen LogP contribution >= 0.6 is 24.0 Å². The van der Waals surface area contributed by atoms with Crippen LogP contribution < -0.4 is 5.32 Å². The molecule has 0 saturated heterocycles. The summed E-state index contributed by atoms with van der Waals surface area (Å²) in [6, 6.07) is 17.3. The third kappa shape index (κ3) is 4.31. The van der Waals surface area contributed by atoms with E-state index in [2.05, 4.69) is 11.4 Å². The van der Waals surface area contributed by atoms with Crippen LogP contribution in [0.3, 0.4) is 0 Å². The van der Waals surface area contributed by atoms with Crippen LogP contribution in [0, 0.1) is 0 Å². The first-order chi connectivity index (χ1) is 13.1. The molecular weight excluding hydrogens is 395 g/mol. The standard InChI is InChI=1S/C22H21ClN2O2.ClH/c23-16-4-1-3-15(11-16)20-12-21(18-5-2-6-19(18)25-20)24-17-9-7-14(8-10-17)22(27)13-26;/h1,3-4,7-12,22,26-27H,2,5-6,13H2,(H,24,25);1H. The van der Waals surface area contributed by atoms with Crippen molar-refractivity contribution in [2.24, 2.45) is 0 Å². The predicted molar refractivity (Wildman–Crippen MR) is 116 cm³/mol. The van der Waals surface area contributed by atoms with Gasteiger partial charge in [-0.1, -0.05) is 35.9 Å². The minimum Gasteiger partial charge on any atom is -0.393 e. The Morgan fingerprint density at radius 3 is 2.57 bits per heavy atom. The molecule has 6 heteroatoms. The van der Waals surface area contributed by atoms with Crippen molar-refractivity contribution >= 4 is 35.4 Å². The SMILES string of the molecule is Cl.OCC(O)c1ccc(Nc2cc(-c3cccc(Cl)c3)nc3c2CCC3)cc1. The van der Waals surface area contributed by atoms with Gasteiger partial charge >= 0.3 is 0 Å². The molecule has 0 bridgehead atoms. The van der Waals surface area contributed by atoms with Gasteiger partial charge in [-0.25, -0.2) is 0 Å². The largest absolute Gasteiger partial charge is 0.393 e. The molecule has 0 radical (unpaired) electrons. The lowest BCUT2D eigenvalue weighted by Crippen LogP contribution is -2.03. The number of aromatic nitrogens is 1. The number of pyridine rings is 1. The summed E-state index contributed by atoms with van der Waals surface area (Å²) < 4.78 is 0. The molecule has 28 heavy (non-hydrogen) atoms. The third-order valence-corrected chi connectivity index (χ3v) is 5.15. The third-order valence-electron chi connectivity index (χ3n) is 4.92. The normalized spacial score (nSPS) is 13.5. The number of aliphatic hydroxyl groups is 2. The molecule has 0 fully saturated rings. The number of aryl methyl sites for hydroxylation is 1. The lowest BCUT2D eigenvalue weighted by atomic mass is 10.1. The second kappa shape index (κ2) is 8.93. The fraction of sp³-hybridized carbons (Fsp3) is 0.227. The number of halogens is 2. The van der Waals surface area contributed by atoms with Crippen LogP contribution in [0.2, 0.25) is 5.02 Å². The molecule has 1 aliphatic rings. The summed E-state index contributed by atoms with van der Waals surface area (Å²) in [5, 5.41) is 23.0. The van der Waals surface area contributed by atoms with Gasteiger partial charge in [-0.15, -0.1) is 12.4 Å². The maximum Gasteiger partial charge on any atom is 0.102 e. The number of hydrogen-bond donors (Lipinski definition) is 3. The van der Waals surface area contributed by atoms with Crippen molar-refractivity contribution in [3.8, 4) is 11.3 Å². The first-order valence-corrected chi connectivity index (χ1v) is 9.46. The van der Waals surface area contributed by atoms with E-state index in [9.17, 15) is 5.11 Å². The number of hydrogen-bond acceptors (Lipinski definition) is 4. The Labute approximate surface area is 175 Å². The Morgan fingerprint density at radius 1 is 1.07 bits per heavy atom. The summed E-state index contributed by atoms with van der Waals surface area (Å²) in [4.78, 5) is 4.86. The number of fused-ring (bicyclic) bond motifs is 1. The monoisotopic (exact) mass is 416 g/mol. The minimum absolute atomic E-state index is 0.